The molecular formula is C23H26N2O5S2. The molecule has 3 aromatic rings. The van der Waals surface area contributed by atoms with Crippen molar-refractivity contribution >= 4 is 37.3 Å². The molecule has 1 fully saturated rings. The van der Waals surface area contributed by atoms with Crippen LogP contribution in [0, 0.1) is 0 Å². The van der Waals surface area contributed by atoms with E-state index < -0.39 is 9.84 Å². The Morgan fingerprint density at radius 1 is 1.16 bits per heavy atom. The third-order valence-corrected chi connectivity index (χ3v) is 8.27. The Hall–Kier alpha value is -2.65. The predicted molar refractivity (Wildman–Crippen MR) is 124 cm³/mol. The third kappa shape index (κ3) is 5.39. The zero-order chi connectivity index (χ0) is 22.6. The second kappa shape index (κ2) is 9.87. The standard InChI is InChI=1S/C23H26N2O5S2/c1-29-18-9-10-20-21(16-18)31-23(24-20)30-17-11-13-25(14-12-17)22(26)8-5-15-32(27,28)19-6-3-2-4-7-19/h2-4,6-7,9-10,16-17H,5,8,11-15H2,1H3. The Labute approximate surface area is 191 Å². The van der Waals surface area contributed by atoms with Gasteiger partial charge in [0.05, 0.1) is 28.0 Å². The fraction of sp³-hybridized carbons (Fsp3) is 0.391. The molecule has 0 aliphatic carbocycles. The zero-order valence-corrected chi connectivity index (χ0v) is 19.5. The Balaban J connectivity index is 1.23. The van der Waals surface area contributed by atoms with Gasteiger partial charge in [-0.1, -0.05) is 29.5 Å². The zero-order valence-electron chi connectivity index (χ0n) is 17.9. The molecule has 170 valence electrons. The lowest BCUT2D eigenvalue weighted by atomic mass is 10.1. The maximum absolute atomic E-state index is 12.5. The molecule has 1 saturated heterocycles. The number of ether oxygens (including phenoxy) is 2. The van der Waals surface area contributed by atoms with Crippen molar-refractivity contribution in [1.29, 1.82) is 0 Å². The molecule has 2 heterocycles. The van der Waals surface area contributed by atoms with Gasteiger partial charge in [-0.2, -0.15) is 0 Å². The average Bonchev–Trinajstić information content (AvgIpc) is 3.21. The number of hydrogen-bond donors (Lipinski definition) is 0. The van der Waals surface area contributed by atoms with Crippen LogP contribution in [-0.2, 0) is 14.6 Å². The third-order valence-electron chi connectivity index (χ3n) is 5.54. The molecule has 0 saturated carbocycles. The lowest BCUT2D eigenvalue weighted by molar-refractivity contribution is -0.133. The summed E-state index contributed by atoms with van der Waals surface area (Å²) >= 11 is 1.49. The second-order valence-electron chi connectivity index (χ2n) is 7.75. The Morgan fingerprint density at radius 2 is 1.91 bits per heavy atom. The van der Waals surface area contributed by atoms with E-state index in [0.717, 1.165) is 28.8 Å². The molecule has 0 atom stereocenters. The molecule has 0 unspecified atom stereocenters. The summed E-state index contributed by atoms with van der Waals surface area (Å²) in [5.74, 6) is 0.764. The van der Waals surface area contributed by atoms with Crippen LogP contribution in [0.2, 0.25) is 0 Å². The highest BCUT2D eigenvalue weighted by Crippen LogP contribution is 2.32. The topological polar surface area (TPSA) is 85.8 Å². The molecule has 1 aromatic heterocycles. The summed E-state index contributed by atoms with van der Waals surface area (Å²) in [6, 6.07) is 14.1. The fourth-order valence-electron chi connectivity index (χ4n) is 3.74. The van der Waals surface area contributed by atoms with Crippen LogP contribution in [0.4, 0.5) is 0 Å². The lowest BCUT2D eigenvalue weighted by Gasteiger charge is -2.31. The minimum atomic E-state index is -3.35. The number of carbonyl (C=O) groups is 1. The van der Waals surface area contributed by atoms with E-state index in [0.29, 0.717) is 29.6 Å². The summed E-state index contributed by atoms with van der Waals surface area (Å²) in [7, 11) is -1.71. The van der Waals surface area contributed by atoms with Crippen LogP contribution in [-0.4, -0.2) is 56.3 Å². The van der Waals surface area contributed by atoms with Gasteiger partial charge < -0.3 is 14.4 Å². The van der Waals surface area contributed by atoms with Crippen molar-refractivity contribution in [3.05, 3.63) is 48.5 Å². The summed E-state index contributed by atoms with van der Waals surface area (Å²) in [5, 5.41) is 0.629. The van der Waals surface area contributed by atoms with Crippen LogP contribution >= 0.6 is 11.3 Å². The van der Waals surface area contributed by atoms with Crippen molar-refractivity contribution in [2.75, 3.05) is 26.0 Å². The van der Waals surface area contributed by atoms with Crippen LogP contribution in [0.25, 0.3) is 10.2 Å². The molecule has 0 bridgehead atoms. The van der Waals surface area contributed by atoms with Gasteiger partial charge in [0.15, 0.2) is 9.84 Å². The van der Waals surface area contributed by atoms with Gasteiger partial charge in [-0.25, -0.2) is 13.4 Å². The maximum Gasteiger partial charge on any atom is 0.274 e. The first-order valence-electron chi connectivity index (χ1n) is 10.6. The van der Waals surface area contributed by atoms with Crippen molar-refractivity contribution < 1.29 is 22.7 Å². The van der Waals surface area contributed by atoms with E-state index in [2.05, 4.69) is 4.98 Å². The molecule has 1 aliphatic heterocycles. The molecule has 0 N–H and O–H groups in total. The van der Waals surface area contributed by atoms with Gasteiger partial charge in [0.25, 0.3) is 5.19 Å². The van der Waals surface area contributed by atoms with Crippen LogP contribution in [0.5, 0.6) is 10.9 Å². The van der Waals surface area contributed by atoms with Gasteiger partial charge in [0.1, 0.15) is 11.9 Å². The number of nitrogens with zero attached hydrogens (tertiary/aromatic N) is 2. The average molecular weight is 475 g/mol. The van der Waals surface area contributed by atoms with Crippen molar-refractivity contribution in [3.8, 4) is 10.9 Å². The quantitative estimate of drug-likeness (QED) is 0.492. The number of benzene rings is 2. The molecule has 0 radical (unpaired) electrons. The Bertz CT molecular complexity index is 1170. The van der Waals surface area contributed by atoms with E-state index in [-0.39, 0.29) is 24.2 Å². The number of carbonyl (C=O) groups excluding carboxylic acids is 1. The molecule has 4 rings (SSSR count). The number of likely N-dealkylation sites (tertiary alicyclic amines) is 1. The number of rotatable bonds is 8. The van der Waals surface area contributed by atoms with E-state index in [1.807, 2.05) is 18.2 Å². The first kappa shape index (κ1) is 22.5. The predicted octanol–water partition coefficient (Wildman–Crippen LogP) is 3.93. The first-order chi connectivity index (χ1) is 15.4. The highest BCUT2D eigenvalue weighted by molar-refractivity contribution is 7.91. The van der Waals surface area contributed by atoms with Gasteiger partial charge in [-0.15, -0.1) is 0 Å². The van der Waals surface area contributed by atoms with E-state index in [1.54, 1.807) is 42.3 Å². The van der Waals surface area contributed by atoms with Crippen LogP contribution in [0.1, 0.15) is 25.7 Å². The molecule has 0 spiro atoms. The Kier molecular flexibility index (Phi) is 6.95. The first-order valence-corrected chi connectivity index (χ1v) is 13.1. The molecule has 1 amide bonds. The number of fused-ring (bicyclic) bond motifs is 1. The normalized spacial score (nSPS) is 15.1. The fourth-order valence-corrected chi connectivity index (χ4v) is 5.99. The Morgan fingerprint density at radius 3 is 2.62 bits per heavy atom. The molecule has 7 nitrogen and oxygen atoms in total. The maximum atomic E-state index is 12.5. The van der Waals surface area contributed by atoms with E-state index in [4.69, 9.17) is 9.47 Å². The van der Waals surface area contributed by atoms with Crippen LogP contribution in [0.15, 0.2) is 53.4 Å². The number of sulfone groups is 1. The van der Waals surface area contributed by atoms with Gasteiger partial charge in [-0.05, 0) is 36.8 Å². The highest BCUT2D eigenvalue weighted by Gasteiger charge is 2.25. The molecule has 32 heavy (non-hydrogen) atoms. The monoisotopic (exact) mass is 474 g/mol. The number of amides is 1. The smallest absolute Gasteiger partial charge is 0.274 e. The van der Waals surface area contributed by atoms with Gasteiger partial charge >= 0.3 is 0 Å². The summed E-state index contributed by atoms with van der Waals surface area (Å²) in [6.07, 6.45) is 2.03. The molecule has 2 aromatic carbocycles. The van der Waals surface area contributed by atoms with Gasteiger partial charge in [0.2, 0.25) is 5.91 Å². The number of thiazole rings is 1. The summed E-state index contributed by atoms with van der Waals surface area (Å²) < 4.78 is 37.0. The van der Waals surface area contributed by atoms with Gasteiger partial charge in [0, 0.05) is 32.4 Å². The van der Waals surface area contributed by atoms with Crippen molar-refractivity contribution in [2.45, 2.75) is 36.7 Å². The molecule has 1 aliphatic rings. The largest absolute Gasteiger partial charge is 0.497 e. The van der Waals surface area contributed by atoms with Crippen molar-refractivity contribution in [2.24, 2.45) is 0 Å². The second-order valence-corrected chi connectivity index (χ2v) is 10.8. The van der Waals surface area contributed by atoms with E-state index in [1.165, 1.54) is 11.3 Å². The molecule has 9 heteroatoms. The summed E-state index contributed by atoms with van der Waals surface area (Å²) in [4.78, 5) is 19.2. The van der Waals surface area contributed by atoms with Gasteiger partial charge in [-0.3, -0.25) is 4.79 Å². The van der Waals surface area contributed by atoms with Crippen LogP contribution in [0.3, 0.4) is 0 Å². The minimum absolute atomic E-state index is 0.00112. The van der Waals surface area contributed by atoms with Crippen molar-refractivity contribution in [3.63, 3.8) is 0 Å². The van der Waals surface area contributed by atoms with E-state index >= 15 is 0 Å². The molecular weight excluding hydrogens is 448 g/mol. The summed E-state index contributed by atoms with van der Waals surface area (Å²) in [6.45, 7) is 1.21. The van der Waals surface area contributed by atoms with E-state index in [9.17, 15) is 13.2 Å². The minimum Gasteiger partial charge on any atom is -0.497 e. The number of methoxy groups -OCH3 is 1. The SMILES string of the molecule is COc1ccc2nc(OC3CCN(C(=O)CCCS(=O)(=O)c4ccccc4)CC3)sc2c1. The lowest BCUT2D eigenvalue weighted by Crippen LogP contribution is -2.41. The van der Waals surface area contributed by atoms with Crippen molar-refractivity contribution in [1.82, 2.24) is 9.88 Å². The van der Waals surface area contributed by atoms with Crippen LogP contribution < -0.4 is 9.47 Å². The highest BCUT2D eigenvalue weighted by atomic mass is 32.2. The number of aromatic nitrogens is 1. The number of hydrogen-bond acceptors (Lipinski definition) is 7. The number of piperidine rings is 1. The summed E-state index contributed by atoms with van der Waals surface area (Å²) in [5.41, 5.74) is 0.879.